The maximum atomic E-state index is 11.8. The van der Waals surface area contributed by atoms with E-state index in [1.54, 1.807) is 0 Å². The summed E-state index contributed by atoms with van der Waals surface area (Å²) in [4.78, 5) is 22.2. The van der Waals surface area contributed by atoms with Crippen molar-refractivity contribution in [3.8, 4) is 0 Å². The lowest BCUT2D eigenvalue weighted by Gasteiger charge is -2.28. The van der Waals surface area contributed by atoms with Gasteiger partial charge in [-0.25, -0.2) is 4.79 Å². The second kappa shape index (κ2) is 8.79. The third-order valence-corrected chi connectivity index (χ3v) is 3.79. The Morgan fingerprint density at radius 3 is 2.55 bits per heavy atom. The Bertz CT molecular complexity index is 316. The molecule has 0 aromatic carbocycles. The lowest BCUT2D eigenvalue weighted by molar-refractivity contribution is -0.137. The molecule has 0 aliphatic carbocycles. The molecule has 0 spiro atoms. The molecule has 0 bridgehead atoms. The number of amides is 2. The summed E-state index contributed by atoms with van der Waals surface area (Å²) in [6, 6.07) is -0.0422. The average Bonchev–Trinajstić information content (AvgIpc) is 2.43. The van der Waals surface area contributed by atoms with Gasteiger partial charge in [0.2, 0.25) is 0 Å². The van der Waals surface area contributed by atoms with Gasteiger partial charge in [0.25, 0.3) is 0 Å². The van der Waals surface area contributed by atoms with Crippen molar-refractivity contribution in [2.75, 3.05) is 19.8 Å². The standard InChI is InChI=1S/C14H26N2O4/c1-10(3-4-13(17)18)9-15-14(19)16-11(2)12-5-7-20-8-6-12/h10-12H,3-9H2,1-2H3,(H,17,18)(H2,15,16,19). The van der Waals surface area contributed by atoms with Crippen LogP contribution >= 0.6 is 0 Å². The Balaban J connectivity index is 2.17. The lowest BCUT2D eigenvalue weighted by atomic mass is 9.93. The Morgan fingerprint density at radius 2 is 1.95 bits per heavy atom. The number of hydrogen-bond donors (Lipinski definition) is 3. The molecule has 1 aliphatic heterocycles. The zero-order valence-electron chi connectivity index (χ0n) is 12.4. The minimum atomic E-state index is -0.797. The molecular formula is C14H26N2O4. The predicted molar refractivity (Wildman–Crippen MR) is 75.6 cm³/mol. The van der Waals surface area contributed by atoms with Gasteiger partial charge in [-0.3, -0.25) is 4.79 Å². The first-order valence-corrected chi connectivity index (χ1v) is 7.33. The molecule has 1 saturated heterocycles. The van der Waals surface area contributed by atoms with Gasteiger partial charge in [-0.1, -0.05) is 6.92 Å². The number of carboxylic acid groups (broad SMARTS) is 1. The van der Waals surface area contributed by atoms with Gasteiger partial charge in [0.15, 0.2) is 0 Å². The van der Waals surface area contributed by atoms with E-state index in [1.165, 1.54) is 0 Å². The number of carbonyl (C=O) groups excluding carboxylic acids is 1. The van der Waals surface area contributed by atoms with Crippen LogP contribution in [-0.4, -0.2) is 42.9 Å². The van der Waals surface area contributed by atoms with E-state index in [9.17, 15) is 9.59 Å². The summed E-state index contributed by atoms with van der Waals surface area (Å²) in [5, 5.41) is 14.3. The number of nitrogens with one attached hydrogen (secondary N) is 2. The van der Waals surface area contributed by atoms with E-state index in [-0.39, 0.29) is 24.4 Å². The molecule has 0 saturated carbocycles. The van der Waals surface area contributed by atoms with Crippen LogP contribution in [0, 0.1) is 11.8 Å². The highest BCUT2D eigenvalue weighted by Crippen LogP contribution is 2.18. The molecule has 1 aliphatic rings. The fourth-order valence-electron chi connectivity index (χ4n) is 2.33. The van der Waals surface area contributed by atoms with E-state index in [0.717, 1.165) is 26.1 Å². The van der Waals surface area contributed by atoms with Crippen molar-refractivity contribution >= 4 is 12.0 Å². The second-order valence-electron chi connectivity index (χ2n) is 5.63. The minimum Gasteiger partial charge on any atom is -0.481 e. The van der Waals surface area contributed by atoms with Crippen LogP contribution < -0.4 is 10.6 Å². The van der Waals surface area contributed by atoms with E-state index < -0.39 is 5.97 Å². The molecule has 1 rings (SSSR count). The lowest BCUT2D eigenvalue weighted by Crippen LogP contribution is -2.46. The molecule has 6 heteroatoms. The molecule has 0 radical (unpaired) electrons. The topological polar surface area (TPSA) is 87.7 Å². The molecule has 2 atom stereocenters. The van der Waals surface area contributed by atoms with Gasteiger partial charge >= 0.3 is 12.0 Å². The molecule has 2 amide bonds. The van der Waals surface area contributed by atoms with Crippen molar-refractivity contribution in [2.24, 2.45) is 11.8 Å². The summed E-state index contributed by atoms with van der Waals surface area (Å²) >= 11 is 0. The van der Waals surface area contributed by atoms with Crippen LogP contribution in [0.2, 0.25) is 0 Å². The molecule has 1 heterocycles. The third-order valence-electron chi connectivity index (χ3n) is 3.79. The fourth-order valence-corrected chi connectivity index (χ4v) is 2.33. The van der Waals surface area contributed by atoms with Crippen molar-refractivity contribution < 1.29 is 19.4 Å². The van der Waals surface area contributed by atoms with E-state index in [1.807, 2.05) is 13.8 Å². The largest absolute Gasteiger partial charge is 0.481 e. The molecule has 0 aromatic heterocycles. The summed E-state index contributed by atoms with van der Waals surface area (Å²) in [7, 11) is 0. The van der Waals surface area contributed by atoms with Crippen LogP contribution in [0.4, 0.5) is 4.79 Å². The molecule has 2 unspecified atom stereocenters. The van der Waals surface area contributed by atoms with E-state index in [0.29, 0.717) is 18.9 Å². The highest BCUT2D eigenvalue weighted by Gasteiger charge is 2.21. The van der Waals surface area contributed by atoms with Gasteiger partial charge in [0.1, 0.15) is 0 Å². The number of carbonyl (C=O) groups is 2. The molecule has 6 nitrogen and oxygen atoms in total. The van der Waals surface area contributed by atoms with Crippen LogP contribution in [0.1, 0.15) is 39.5 Å². The molecule has 116 valence electrons. The van der Waals surface area contributed by atoms with Crippen molar-refractivity contribution in [1.29, 1.82) is 0 Å². The number of aliphatic carboxylic acids is 1. The number of ether oxygens (including phenoxy) is 1. The Labute approximate surface area is 120 Å². The Hall–Kier alpha value is -1.30. The molecule has 3 N–H and O–H groups in total. The average molecular weight is 286 g/mol. The van der Waals surface area contributed by atoms with Crippen molar-refractivity contribution in [2.45, 2.75) is 45.6 Å². The number of rotatable bonds is 7. The van der Waals surface area contributed by atoms with E-state index in [2.05, 4.69) is 10.6 Å². The number of hydrogen-bond acceptors (Lipinski definition) is 3. The van der Waals surface area contributed by atoms with Gasteiger partial charge < -0.3 is 20.5 Å². The minimum absolute atomic E-state index is 0.133. The maximum absolute atomic E-state index is 11.8. The monoisotopic (exact) mass is 286 g/mol. The second-order valence-corrected chi connectivity index (χ2v) is 5.63. The molecule has 1 fully saturated rings. The van der Waals surface area contributed by atoms with E-state index >= 15 is 0 Å². The van der Waals surface area contributed by atoms with Crippen molar-refractivity contribution in [1.82, 2.24) is 10.6 Å². The van der Waals surface area contributed by atoms with Gasteiger partial charge in [-0.05, 0) is 38.0 Å². The maximum Gasteiger partial charge on any atom is 0.315 e. The molecule has 20 heavy (non-hydrogen) atoms. The van der Waals surface area contributed by atoms with Crippen LogP contribution in [0.25, 0.3) is 0 Å². The SMILES string of the molecule is CC(CCC(=O)O)CNC(=O)NC(C)C1CCOCC1. The first-order chi connectivity index (χ1) is 9.49. The van der Waals surface area contributed by atoms with Crippen molar-refractivity contribution in [3.05, 3.63) is 0 Å². The first-order valence-electron chi connectivity index (χ1n) is 7.33. The quantitative estimate of drug-likeness (QED) is 0.663. The first kappa shape index (κ1) is 16.8. The highest BCUT2D eigenvalue weighted by atomic mass is 16.5. The molecule has 0 aromatic rings. The predicted octanol–water partition coefficient (Wildman–Crippen LogP) is 1.60. The summed E-state index contributed by atoms with van der Waals surface area (Å²) in [6.45, 7) is 5.99. The smallest absolute Gasteiger partial charge is 0.315 e. The van der Waals surface area contributed by atoms with Crippen LogP contribution in [0.3, 0.4) is 0 Å². The van der Waals surface area contributed by atoms with Crippen LogP contribution in [-0.2, 0) is 9.53 Å². The van der Waals surface area contributed by atoms with Gasteiger partial charge in [-0.2, -0.15) is 0 Å². The number of carboxylic acids is 1. The summed E-state index contributed by atoms with van der Waals surface area (Å²) in [6.07, 6.45) is 2.68. The Morgan fingerprint density at radius 1 is 1.30 bits per heavy atom. The molecular weight excluding hydrogens is 260 g/mol. The highest BCUT2D eigenvalue weighted by molar-refractivity contribution is 5.74. The van der Waals surface area contributed by atoms with Crippen LogP contribution in [0.5, 0.6) is 0 Å². The van der Waals surface area contributed by atoms with Crippen molar-refractivity contribution in [3.63, 3.8) is 0 Å². The van der Waals surface area contributed by atoms with E-state index in [4.69, 9.17) is 9.84 Å². The number of urea groups is 1. The van der Waals surface area contributed by atoms with Gasteiger partial charge in [0, 0.05) is 32.2 Å². The fraction of sp³-hybridized carbons (Fsp3) is 0.857. The van der Waals surface area contributed by atoms with Gasteiger partial charge in [0.05, 0.1) is 0 Å². The normalized spacial score (nSPS) is 19.1. The van der Waals surface area contributed by atoms with Gasteiger partial charge in [-0.15, -0.1) is 0 Å². The summed E-state index contributed by atoms with van der Waals surface area (Å²) < 4.78 is 5.30. The zero-order chi connectivity index (χ0) is 15.0. The summed E-state index contributed by atoms with van der Waals surface area (Å²) in [5.74, 6) is -0.163. The third kappa shape index (κ3) is 6.75. The van der Waals surface area contributed by atoms with Crippen LogP contribution in [0.15, 0.2) is 0 Å². The zero-order valence-corrected chi connectivity index (χ0v) is 12.4. The summed E-state index contributed by atoms with van der Waals surface area (Å²) in [5.41, 5.74) is 0. The Kier molecular flexibility index (Phi) is 7.36.